The highest BCUT2D eigenvalue weighted by atomic mass is 32.2. The molecule has 0 fully saturated rings. The molecule has 0 aromatic heterocycles. The quantitative estimate of drug-likeness (QED) is 0.279. The maximum absolute atomic E-state index is 11.7. The highest BCUT2D eigenvalue weighted by molar-refractivity contribution is 7.88. The molecular weight excluding hydrogens is 296 g/mol. The molecule has 0 aliphatic rings. The molecule has 0 amide bonds. The summed E-state index contributed by atoms with van der Waals surface area (Å²) >= 11 is 0. The molecule has 0 N–H and O–H groups in total. The van der Waals surface area contributed by atoms with Crippen molar-refractivity contribution in [2.75, 3.05) is 7.11 Å². The summed E-state index contributed by atoms with van der Waals surface area (Å²) in [4.78, 5) is 0. The van der Waals surface area contributed by atoms with Crippen molar-refractivity contribution in [2.24, 2.45) is 0 Å². The molecule has 0 unspecified atom stereocenters. The first-order valence-corrected chi connectivity index (χ1v) is 10.6. The molecular formula is C18H38O3S. The van der Waals surface area contributed by atoms with Gasteiger partial charge in [0.1, 0.15) is 0 Å². The Balaban J connectivity index is 3.44. The number of unbranched alkanes of at least 4 members (excludes halogenated alkanes) is 11. The summed E-state index contributed by atoms with van der Waals surface area (Å²) in [6.45, 7) is 5.76. The van der Waals surface area contributed by atoms with Crippen molar-refractivity contribution in [3.63, 3.8) is 0 Å². The highest BCUT2D eigenvalue weighted by Gasteiger charge is 2.33. The van der Waals surface area contributed by atoms with E-state index in [9.17, 15) is 8.42 Å². The van der Waals surface area contributed by atoms with Crippen molar-refractivity contribution in [2.45, 2.75) is 109 Å². The molecule has 0 rings (SSSR count). The summed E-state index contributed by atoms with van der Waals surface area (Å²) in [5, 5.41) is 0. The normalized spacial score (nSPS) is 12.7. The Hall–Kier alpha value is -0.0900. The third-order valence-corrected chi connectivity index (χ3v) is 6.53. The molecule has 0 saturated heterocycles. The van der Waals surface area contributed by atoms with Crippen LogP contribution in [0.15, 0.2) is 0 Å². The lowest BCUT2D eigenvalue weighted by Gasteiger charge is -2.22. The molecule has 0 saturated carbocycles. The van der Waals surface area contributed by atoms with Crippen LogP contribution in [0.4, 0.5) is 0 Å². The van der Waals surface area contributed by atoms with Crippen LogP contribution >= 0.6 is 0 Å². The maximum Gasteiger partial charge on any atom is 0.272 e. The van der Waals surface area contributed by atoms with Crippen LogP contribution < -0.4 is 0 Å². The lowest BCUT2D eigenvalue weighted by molar-refractivity contribution is 0.362. The molecule has 0 aliphatic carbocycles. The van der Waals surface area contributed by atoms with Gasteiger partial charge in [-0.2, -0.15) is 8.42 Å². The van der Waals surface area contributed by atoms with Crippen molar-refractivity contribution < 1.29 is 12.6 Å². The van der Waals surface area contributed by atoms with Gasteiger partial charge in [-0.3, -0.25) is 4.18 Å². The van der Waals surface area contributed by atoms with Gasteiger partial charge in [0.2, 0.25) is 0 Å². The largest absolute Gasteiger partial charge is 0.273 e. The van der Waals surface area contributed by atoms with Gasteiger partial charge >= 0.3 is 0 Å². The Morgan fingerprint density at radius 2 is 1.09 bits per heavy atom. The van der Waals surface area contributed by atoms with Crippen molar-refractivity contribution in [1.29, 1.82) is 0 Å². The Labute approximate surface area is 139 Å². The van der Waals surface area contributed by atoms with E-state index in [2.05, 4.69) is 11.1 Å². The van der Waals surface area contributed by atoms with Gasteiger partial charge < -0.3 is 0 Å². The zero-order valence-electron chi connectivity index (χ0n) is 15.3. The summed E-state index contributed by atoms with van der Waals surface area (Å²) in [6.07, 6.45) is 16.2. The van der Waals surface area contributed by atoms with Crippen LogP contribution in [0.1, 0.15) is 104 Å². The number of hydrogen-bond donors (Lipinski definition) is 0. The molecule has 4 heteroatoms. The topological polar surface area (TPSA) is 43.4 Å². The van der Waals surface area contributed by atoms with Crippen LogP contribution in [0.25, 0.3) is 0 Å². The van der Waals surface area contributed by atoms with Crippen LogP contribution in [0, 0.1) is 0 Å². The predicted molar refractivity (Wildman–Crippen MR) is 95.7 cm³/mol. The second kappa shape index (κ2) is 12.3. The molecule has 0 spiro atoms. The summed E-state index contributed by atoms with van der Waals surface area (Å²) in [7, 11) is -2.16. The van der Waals surface area contributed by atoms with Crippen LogP contribution in [0.2, 0.25) is 0 Å². The minimum absolute atomic E-state index is 0.681. The van der Waals surface area contributed by atoms with Gasteiger partial charge in [0.25, 0.3) is 10.1 Å². The average molecular weight is 335 g/mol. The monoisotopic (exact) mass is 334 g/mol. The van der Waals surface area contributed by atoms with Gasteiger partial charge in [0, 0.05) is 0 Å². The van der Waals surface area contributed by atoms with E-state index >= 15 is 0 Å². The predicted octanol–water partition coefficient (Wildman–Crippen LogP) is 5.83. The molecule has 0 aromatic rings. The third-order valence-electron chi connectivity index (χ3n) is 4.53. The molecule has 134 valence electrons. The molecule has 22 heavy (non-hydrogen) atoms. The number of hydrogen-bond acceptors (Lipinski definition) is 3. The molecule has 0 atom stereocenters. The van der Waals surface area contributed by atoms with Crippen molar-refractivity contribution in [3.05, 3.63) is 0 Å². The lowest BCUT2D eigenvalue weighted by atomic mass is 10.0. The van der Waals surface area contributed by atoms with E-state index in [1.807, 2.05) is 0 Å². The summed E-state index contributed by atoms with van der Waals surface area (Å²) in [5.41, 5.74) is 0. The first kappa shape index (κ1) is 21.9. The fourth-order valence-corrected chi connectivity index (χ4v) is 3.59. The van der Waals surface area contributed by atoms with Gasteiger partial charge in [-0.05, 0) is 20.3 Å². The average Bonchev–Trinajstić information content (AvgIpc) is 2.48. The van der Waals surface area contributed by atoms with E-state index in [-0.39, 0.29) is 0 Å². The van der Waals surface area contributed by atoms with Crippen molar-refractivity contribution >= 4 is 10.1 Å². The lowest BCUT2D eigenvalue weighted by Crippen LogP contribution is -2.32. The molecule has 0 heterocycles. The SMILES string of the molecule is CCCCCCCCCCCCCCC(C)(C)S(=O)(=O)OC. The third kappa shape index (κ3) is 9.83. The van der Waals surface area contributed by atoms with Crippen LogP contribution in [-0.4, -0.2) is 20.3 Å². The maximum atomic E-state index is 11.7. The molecule has 0 radical (unpaired) electrons. The second-order valence-electron chi connectivity index (χ2n) is 7.02. The zero-order chi connectivity index (χ0) is 16.9. The minimum Gasteiger partial charge on any atom is -0.273 e. The van der Waals surface area contributed by atoms with Crippen LogP contribution in [0.5, 0.6) is 0 Å². The summed E-state index contributed by atoms with van der Waals surface area (Å²) < 4.78 is 27.3. The van der Waals surface area contributed by atoms with Crippen LogP contribution in [-0.2, 0) is 14.3 Å². The summed E-state index contributed by atoms with van der Waals surface area (Å²) in [6, 6.07) is 0. The van der Waals surface area contributed by atoms with E-state index in [0.29, 0.717) is 6.42 Å². The fourth-order valence-electron chi connectivity index (χ4n) is 2.74. The van der Waals surface area contributed by atoms with Crippen molar-refractivity contribution in [3.8, 4) is 0 Å². The zero-order valence-corrected chi connectivity index (χ0v) is 16.1. The Kier molecular flexibility index (Phi) is 12.3. The fraction of sp³-hybridized carbons (Fsp3) is 1.00. The number of rotatable bonds is 15. The van der Waals surface area contributed by atoms with E-state index < -0.39 is 14.9 Å². The standard InChI is InChI=1S/C18H38O3S/c1-5-6-7-8-9-10-11-12-13-14-15-16-17-18(2,3)22(19,20)21-4/h5-17H2,1-4H3. The van der Waals surface area contributed by atoms with Gasteiger partial charge in [-0.25, -0.2) is 0 Å². The summed E-state index contributed by atoms with van der Waals surface area (Å²) in [5.74, 6) is 0. The Bertz CT molecular complexity index is 347. The van der Waals surface area contributed by atoms with E-state index in [1.165, 1.54) is 71.3 Å². The minimum atomic E-state index is -3.41. The molecule has 0 aliphatic heterocycles. The van der Waals surface area contributed by atoms with E-state index in [0.717, 1.165) is 12.8 Å². The van der Waals surface area contributed by atoms with Crippen LogP contribution in [0.3, 0.4) is 0 Å². The van der Waals surface area contributed by atoms with Gasteiger partial charge in [-0.1, -0.05) is 84.0 Å². The van der Waals surface area contributed by atoms with Gasteiger partial charge in [0.05, 0.1) is 11.9 Å². The van der Waals surface area contributed by atoms with E-state index in [1.54, 1.807) is 13.8 Å². The first-order chi connectivity index (χ1) is 10.4. The van der Waals surface area contributed by atoms with Crippen molar-refractivity contribution in [1.82, 2.24) is 0 Å². The molecule has 0 aromatic carbocycles. The smallest absolute Gasteiger partial charge is 0.272 e. The van der Waals surface area contributed by atoms with Gasteiger partial charge in [0.15, 0.2) is 0 Å². The Morgan fingerprint density at radius 3 is 1.45 bits per heavy atom. The highest BCUT2D eigenvalue weighted by Crippen LogP contribution is 2.25. The first-order valence-electron chi connectivity index (χ1n) is 9.17. The second-order valence-corrected chi connectivity index (χ2v) is 9.37. The molecule has 0 bridgehead atoms. The Morgan fingerprint density at radius 1 is 0.727 bits per heavy atom. The van der Waals surface area contributed by atoms with Gasteiger partial charge in [-0.15, -0.1) is 0 Å². The molecule has 3 nitrogen and oxygen atoms in total. The van der Waals surface area contributed by atoms with E-state index in [4.69, 9.17) is 0 Å².